The molecule has 0 spiro atoms. The first kappa shape index (κ1) is 11.3. The van der Waals surface area contributed by atoms with Crippen LogP contribution in [0.25, 0.3) is 0 Å². The quantitative estimate of drug-likeness (QED) is 0.548. The molecular weight excluding hydrogens is 192 g/mol. The smallest absolute Gasteiger partial charge is 0.185 e. The van der Waals surface area contributed by atoms with Crippen molar-refractivity contribution < 1.29 is 14.3 Å². The number of carbonyl (C=O) groups excluding carboxylic acids is 1. The fourth-order valence-electron chi connectivity index (χ4n) is 1.22. The van der Waals surface area contributed by atoms with Crippen molar-refractivity contribution in [3.8, 4) is 11.5 Å². The van der Waals surface area contributed by atoms with Crippen LogP contribution in [0, 0.1) is 0 Å². The fourth-order valence-corrected chi connectivity index (χ4v) is 1.22. The second kappa shape index (κ2) is 5.20. The van der Waals surface area contributed by atoms with Crippen LogP contribution in [0.5, 0.6) is 11.5 Å². The largest absolute Gasteiger partial charge is 0.493 e. The lowest BCUT2D eigenvalue weighted by Crippen LogP contribution is -1.99. The Hall–Kier alpha value is -1.77. The highest BCUT2D eigenvalue weighted by atomic mass is 16.5. The topological polar surface area (TPSA) is 35.5 Å². The van der Waals surface area contributed by atoms with E-state index in [2.05, 4.69) is 6.58 Å². The van der Waals surface area contributed by atoms with Crippen LogP contribution in [0.2, 0.25) is 0 Å². The Labute approximate surface area is 89.3 Å². The van der Waals surface area contributed by atoms with Crippen molar-refractivity contribution in [2.24, 2.45) is 0 Å². The molecule has 0 N–H and O–H groups in total. The van der Waals surface area contributed by atoms with Gasteiger partial charge in [0.15, 0.2) is 17.3 Å². The standard InChI is InChI=1S/C12H14O3/c1-4-10(13)9-6-7-11(14-3)12(8-9)15-5-2/h4,6-8H,1,5H2,2-3H3. The minimum Gasteiger partial charge on any atom is -0.493 e. The second-order valence-corrected chi connectivity index (χ2v) is 2.87. The van der Waals surface area contributed by atoms with Gasteiger partial charge in [0.1, 0.15) is 0 Å². The lowest BCUT2D eigenvalue weighted by Gasteiger charge is -2.09. The number of ketones is 1. The van der Waals surface area contributed by atoms with Gasteiger partial charge >= 0.3 is 0 Å². The van der Waals surface area contributed by atoms with Gasteiger partial charge < -0.3 is 9.47 Å². The van der Waals surface area contributed by atoms with Gasteiger partial charge in [-0.1, -0.05) is 6.58 Å². The van der Waals surface area contributed by atoms with E-state index in [1.807, 2.05) is 6.92 Å². The average molecular weight is 206 g/mol. The number of rotatable bonds is 5. The number of carbonyl (C=O) groups is 1. The summed E-state index contributed by atoms with van der Waals surface area (Å²) in [5.41, 5.74) is 0.550. The Morgan fingerprint density at radius 3 is 2.73 bits per heavy atom. The summed E-state index contributed by atoms with van der Waals surface area (Å²) >= 11 is 0. The van der Waals surface area contributed by atoms with E-state index < -0.39 is 0 Å². The van der Waals surface area contributed by atoms with Crippen LogP contribution in [0.4, 0.5) is 0 Å². The molecule has 0 aliphatic heterocycles. The molecule has 15 heavy (non-hydrogen) atoms. The molecule has 0 bridgehead atoms. The van der Waals surface area contributed by atoms with Gasteiger partial charge in [0, 0.05) is 5.56 Å². The number of hydrogen-bond donors (Lipinski definition) is 0. The number of benzene rings is 1. The molecule has 1 aromatic rings. The number of hydrogen-bond acceptors (Lipinski definition) is 3. The molecule has 3 nitrogen and oxygen atoms in total. The Morgan fingerprint density at radius 2 is 2.20 bits per heavy atom. The third-order valence-electron chi connectivity index (χ3n) is 1.93. The van der Waals surface area contributed by atoms with Crippen molar-refractivity contribution in [2.75, 3.05) is 13.7 Å². The molecule has 0 fully saturated rings. The van der Waals surface area contributed by atoms with Gasteiger partial charge in [-0.3, -0.25) is 4.79 Å². The molecule has 0 saturated heterocycles. The molecule has 1 rings (SSSR count). The van der Waals surface area contributed by atoms with E-state index in [9.17, 15) is 4.79 Å². The van der Waals surface area contributed by atoms with Gasteiger partial charge in [-0.15, -0.1) is 0 Å². The van der Waals surface area contributed by atoms with Crippen molar-refractivity contribution in [2.45, 2.75) is 6.92 Å². The SMILES string of the molecule is C=CC(=O)c1ccc(OC)c(OCC)c1. The maximum Gasteiger partial charge on any atom is 0.185 e. The normalized spacial score (nSPS) is 9.47. The third kappa shape index (κ3) is 2.59. The van der Waals surface area contributed by atoms with E-state index in [4.69, 9.17) is 9.47 Å². The minimum absolute atomic E-state index is 0.126. The zero-order valence-electron chi connectivity index (χ0n) is 8.95. The number of allylic oxidation sites excluding steroid dienone is 1. The summed E-state index contributed by atoms with van der Waals surface area (Å²) in [6.07, 6.45) is 1.28. The highest BCUT2D eigenvalue weighted by Gasteiger charge is 2.08. The molecule has 0 aliphatic carbocycles. The first-order valence-corrected chi connectivity index (χ1v) is 4.70. The predicted octanol–water partition coefficient (Wildman–Crippen LogP) is 2.46. The Kier molecular flexibility index (Phi) is 3.92. The lowest BCUT2D eigenvalue weighted by atomic mass is 10.1. The summed E-state index contributed by atoms with van der Waals surface area (Å²) in [5.74, 6) is 1.07. The molecular formula is C12H14O3. The van der Waals surface area contributed by atoms with Crippen LogP contribution in [-0.2, 0) is 0 Å². The van der Waals surface area contributed by atoms with E-state index in [0.717, 1.165) is 0 Å². The summed E-state index contributed by atoms with van der Waals surface area (Å²) in [4.78, 5) is 11.4. The molecule has 0 heterocycles. The van der Waals surface area contributed by atoms with Gasteiger partial charge in [0.25, 0.3) is 0 Å². The van der Waals surface area contributed by atoms with Crippen LogP contribution in [0.1, 0.15) is 17.3 Å². The number of methoxy groups -OCH3 is 1. The van der Waals surface area contributed by atoms with Crippen molar-refractivity contribution in [1.29, 1.82) is 0 Å². The molecule has 80 valence electrons. The molecule has 0 saturated carbocycles. The predicted molar refractivity (Wildman–Crippen MR) is 58.7 cm³/mol. The number of ether oxygens (including phenoxy) is 2. The molecule has 1 aromatic carbocycles. The maximum absolute atomic E-state index is 11.4. The van der Waals surface area contributed by atoms with Crippen LogP contribution in [-0.4, -0.2) is 19.5 Å². The highest BCUT2D eigenvalue weighted by molar-refractivity contribution is 6.04. The van der Waals surface area contributed by atoms with E-state index in [0.29, 0.717) is 23.7 Å². The monoisotopic (exact) mass is 206 g/mol. The second-order valence-electron chi connectivity index (χ2n) is 2.87. The Morgan fingerprint density at radius 1 is 1.47 bits per heavy atom. The molecule has 0 aliphatic rings. The van der Waals surface area contributed by atoms with E-state index in [1.54, 1.807) is 25.3 Å². The first-order chi connectivity index (χ1) is 7.22. The molecule has 0 amide bonds. The molecule has 0 aromatic heterocycles. The van der Waals surface area contributed by atoms with Crippen molar-refractivity contribution in [1.82, 2.24) is 0 Å². The lowest BCUT2D eigenvalue weighted by molar-refractivity contribution is 0.104. The Bertz CT molecular complexity index is 369. The molecule has 0 atom stereocenters. The van der Waals surface area contributed by atoms with E-state index in [1.165, 1.54) is 6.08 Å². The maximum atomic E-state index is 11.4. The van der Waals surface area contributed by atoms with Crippen LogP contribution >= 0.6 is 0 Å². The zero-order chi connectivity index (χ0) is 11.3. The van der Waals surface area contributed by atoms with Gasteiger partial charge in [-0.25, -0.2) is 0 Å². The molecule has 3 heteroatoms. The summed E-state index contributed by atoms with van der Waals surface area (Å²) in [6, 6.07) is 5.06. The van der Waals surface area contributed by atoms with Crippen LogP contribution in [0.15, 0.2) is 30.9 Å². The summed E-state index contributed by atoms with van der Waals surface area (Å²) in [7, 11) is 1.56. The minimum atomic E-state index is -0.126. The van der Waals surface area contributed by atoms with Crippen molar-refractivity contribution in [3.63, 3.8) is 0 Å². The van der Waals surface area contributed by atoms with Crippen molar-refractivity contribution >= 4 is 5.78 Å². The van der Waals surface area contributed by atoms with E-state index >= 15 is 0 Å². The molecule has 0 unspecified atom stereocenters. The Balaban J connectivity index is 3.09. The average Bonchev–Trinajstić information content (AvgIpc) is 2.28. The fraction of sp³-hybridized carbons (Fsp3) is 0.250. The van der Waals surface area contributed by atoms with Gasteiger partial charge in [-0.05, 0) is 31.2 Å². The van der Waals surface area contributed by atoms with Crippen LogP contribution < -0.4 is 9.47 Å². The zero-order valence-corrected chi connectivity index (χ0v) is 8.95. The van der Waals surface area contributed by atoms with Crippen LogP contribution in [0.3, 0.4) is 0 Å². The third-order valence-corrected chi connectivity index (χ3v) is 1.93. The van der Waals surface area contributed by atoms with Gasteiger partial charge in [0.05, 0.1) is 13.7 Å². The van der Waals surface area contributed by atoms with Crippen molar-refractivity contribution in [3.05, 3.63) is 36.4 Å². The first-order valence-electron chi connectivity index (χ1n) is 4.70. The van der Waals surface area contributed by atoms with E-state index in [-0.39, 0.29) is 5.78 Å². The summed E-state index contributed by atoms with van der Waals surface area (Å²) in [5, 5.41) is 0. The summed E-state index contributed by atoms with van der Waals surface area (Å²) in [6.45, 7) is 5.84. The summed E-state index contributed by atoms with van der Waals surface area (Å²) < 4.78 is 10.5. The van der Waals surface area contributed by atoms with Gasteiger partial charge in [-0.2, -0.15) is 0 Å². The highest BCUT2D eigenvalue weighted by Crippen LogP contribution is 2.28. The van der Waals surface area contributed by atoms with Gasteiger partial charge in [0.2, 0.25) is 0 Å². The molecule has 0 radical (unpaired) electrons.